The summed E-state index contributed by atoms with van der Waals surface area (Å²) in [6, 6.07) is 7.31. The Bertz CT molecular complexity index is 360. The van der Waals surface area contributed by atoms with Crippen LogP contribution >= 0.6 is 0 Å². The number of rotatable bonds is 4. The molecule has 0 aliphatic rings. The maximum atomic E-state index is 10.3. The van der Waals surface area contributed by atoms with Gasteiger partial charge in [-0.2, -0.15) is 0 Å². The summed E-state index contributed by atoms with van der Waals surface area (Å²) in [4.78, 5) is 14.3. The van der Waals surface area contributed by atoms with Crippen LogP contribution in [0.15, 0.2) is 39.6 Å². The molecule has 5 nitrogen and oxygen atoms in total. The van der Waals surface area contributed by atoms with Gasteiger partial charge in [-0.15, -0.1) is 5.11 Å². The van der Waals surface area contributed by atoms with E-state index in [2.05, 4.69) is 15.3 Å². The molecule has 0 aromatic heterocycles. The molecule has 0 fully saturated rings. The van der Waals surface area contributed by atoms with Gasteiger partial charge >= 0.3 is 0 Å². The van der Waals surface area contributed by atoms with Gasteiger partial charge in [0.15, 0.2) is 0 Å². The maximum Gasteiger partial charge on any atom is 0.140 e. The molecule has 2 N–H and O–H groups in total. The lowest BCUT2D eigenvalue weighted by Crippen LogP contribution is -1.85. The Labute approximate surface area is 81.3 Å². The minimum absolute atomic E-state index is 0.341. The van der Waals surface area contributed by atoms with Gasteiger partial charge in [-0.1, -0.05) is 23.4 Å². The Morgan fingerprint density at radius 3 is 2.86 bits per heavy atom. The van der Waals surface area contributed by atoms with Crippen LogP contribution in [0.3, 0.4) is 0 Å². The second-order valence-electron chi connectivity index (χ2n) is 2.48. The summed E-state index contributed by atoms with van der Waals surface area (Å²) in [5.74, 6) is 4.80. The molecule has 14 heavy (non-hydrogen) atoms. The van der Waals surface area contributed by atoms with Crippen LogP contribution in [-0.2, 0) is 11.2 Å². The summed E-state index contributed by atoms with van der Waals surface area (Å²) >= 11 is 0. The molecule has 0 amide bonds. The summed E-state index contributed by atoms with van der Waals surface area (Å²) in [5.41, 5.74) is 1.55. The van der Waals surface area contributed by atoms with E-state index in [0.29, 0.717) is 12.1 Å². The zero-order valence-electron chi connectivity index (χ0n) is 7.50. The molecule has 0 unspecified atom stereocenters. The number of carbonyl (C=O) groups excluding carboxylic acids is 1. The van der Waals surface area contributed by atoms with Gasteiger partial charge in [0.2, 0.25) is 0 Å². The predicted octanol–water partition coefficient (Wildman–Crippen LogP) is 1.41. The zero-order chi connectivity index (χ0) is 10.2. The molecule has 5 heteroatoms. The van der Waals surface area contributed by atoms with E-state index in [4.69, 9.17) is 5.84 Å². The van der Waals surface area contributed by atoms with Gasteiger partial charge in [0, 0.05) is 6.42 Å². The van der Waals surface area contributed by atoms with Crippen molar-refractivity contribution in [2.45, 2.75) is 6.42 Å². The first-order chi connectivity index (χ1) is 6.88. The zero-order valence-corrected chi connectivity index (χ0v) is 7.50. The molecule has 0 radical (unpaired) electrons. The number of benzene rings is 1. The first kappa shape index (κ1) is 10.0. The van der Waals surface area contributed by atoms with Crippen LogP contribution in [0.5, 0.6) is 0 Å². The van der Waals surface area contributed by atoms with Crippen molar-refractivity contribution in [3.63, 3.8) is 0 Å². The molecule has 0 heterocycles. The van der Waals surface area contributed by atoms with Gasteiger partial charge in [-0.05, 0) is 11.6 Å². The molecule has 0 spiro atoms. The third-order valence-corrected chi connectivity index (χ3v) is 1.61. The van der Waals surface area contributed by atoms with Crippen LogP contribution < -0.4 is 5.84 Å². The van der Waals surface area contributed by atoms with Crippen LogP contribution in [0.1, 0.15) is 5.56 Å². The number of nitrogens with two attached hydrogens (primary N) is 1. The van der Waals surface area contributed by atoms with E-state index in [1.807, 2.05) is 18.2 Å². The van der Waals surface area contributed by atoms with Crippen LogP contribution in [0, 0.1) is 0 Å². The fourth-order valence-electron chi connectivity index (χ4n) is 1.02. The maximum absolute atomic E-state index is 10.3. The van der Waals surface area contributed by atoms with E-state index in [9.17, 15) is 4.79 Å². The lowest BCUT2D eigenvalue weighted by Gasteiger charge is -1.98. The van der Waals surface area contributed by atoms with Gasteiger partial charge in [-0.25, -0.2) is 4.99 Å². The van der Waals surface area contributed by atoms with Gasteiger partial charge < -0.3 is 10.6 Å². The molecule has 1 aromatic carbocycles. The van der Waals surface area contributed by atoms with Crippen molar-refractivity contribution in [1.82, 2.24) is 0 Å². The molecular weight excluding hydrogens is 180 g/mol. The van der Waals surface area contributed by atoms with Crippen LogP contribution in [0.25, 0.3) is 0 Å². The molecule has 0 aliphatic carbocycles. The van der Waals surface area contributed by atoms with E-state index < -0.39 is 0 Å². The summed E-state index contributed by atoms with van der Waals surface area (Å²) in [5, 5.41) is 6.42. The molecular formula is C9H10N4O. The first-order valence-electron chi connectivity index (χ1n) is 4.02. The molecule has 0 aliphatic heterocycles. The minimum atomic E-state index is 0.341. The third kappa shape index (κ3) is 2.78. The number of aldehydes is 1. The van der Waals surface area contributed by atoms with Crippen molar-refractivity contribution in [3.8, 4) is 0 Å². The molecule has 0 atom stereocenters. The Hall–Kier alpha value is -2.04. The fourth-order valence-corrected chi connectivity index (χ4v) is 1.02. The van der Waals surface area contributed by atoms with Gasteiger partial charge in [0.25, 0.3) is 0 Å². The molecule has 0 bridgehead atoms. The number of nitrogens with zero attached hydrogens (tertiary/aromatic N) is 3. The quantitative estimate of drug-likeness (QED) is 0.194. The first-order valence-corrected chi connectivity index (χ1v) is 4.02. The Balaban J connectivity index is 2.88. The molecule has 72 valence electrons. The molecule has 1 rings (SSSR count). The lowest BCUT2D eigenvalue weighted by atomic mass is 10.1. The Kier molecular flexibility index (Phi) is 4.00. The summed E-state index contributed by atoms with van der Waals surface area (Å²) in [7, 11) is 0. The van der Waals surface area contributed by atoms with Gasteiger partial charge in [0.05, 0.1) is 5.69 Å². The van der Waals surface area contributed by atoms with E-state index in [-0.39, 0.29) is 0 Å². The van der Waals surface area contributed by atoms with Crippen molar-refractivity contribution in [3.05, 3.63) is 29.8 Å². The van der Waals surface area contributed by atoms with Crippen molar-refractivity contribution < 1.29 is 4.79 Å². The summed E-state index contributed by atoms with van der Waals surface area (Å²) < 4.78 is 0. The van der Waals surface area contributed by atoms with Crippen molar-refractivity contribution >= 4 is 18.3 Å². The highest BCUT2D eigenvalue weighted by molar-refractivity contribution is 5.66. The average Bonchev–Trinajstić information content (AvgIpc) is 2.21. The largest absolute Gasteiger partial charge is 0.305 e. The van der Waals surface area contributed by atoms with Crippen molar-refractivity contribution in [2.24, 2.45) is 21.2 Å². The molecule has 0 saturated heterocycles. The number of para-hydroxylation sites is 1. The van der Waals surface area contributed by atoms with E-state index in [1.165, 1.54) is 6.34 Å². The number of carbonyl (C=O) groups is 1. The minimum Gasteiger partial charge on any atom is -0.305 e. The Morgan fingerprint density at radius 1 is 1.36 bits per heavy atom. The number of hydrogen-bond acceptors (Lipinski definition) is 3. The standard InChI is InChI=1S/C9H10N4O/c10-13-12-7-11-9-4-2-1-3-8(9)5-6-14/h1-4,6-7H,5H2,(H2,10,11,12). The number of hydrogen-bond donors (Lipinski definition) is 1. The molecule has 0 saturated carbocycles. The lowest BCUT2D eigenvalue weighted by molar-refractivity contribution is -0.107. The van der Waals surface area contributed by atoms with Gasteiger partial charge in [-0.3, -0.25) is 0 Å². The highest BCUT2D eigenvalue weighted by Crippen LogP contribution is 2.17. The summed E-state index contributed by atoms with van der Waals surface area (Å²) in [6.07, 6.45) is 2.41. The second kappa shape index (κ2) is 5.58. The van der Waals surface area contributed by atoms with Crippen LogP contribution in [-0.4, -0.2) is 12.6 Å². The van der Waals surface area contributed by atoms with Crippen molar-refractivity contribution in [2.75, 3.05) is 0 Å². The SMILES string of the molecule is NN=NC=Nc1ccccc1CC=O. The predicted molar refractivity (Wildman–Crippen MR) is 53.4 cm³/mol. The normalized spacial score (nSPS) is 11.1. The monoisotopic (exact) mass is 190 g/mol. The number of aliphatic imine (C=N–C) groups is 1. The van der Waals surface area contributed by atoms with E-state index in [1.54, 1.807) is 6.07 Å². The van der Waals surface area contributed by atoms with E-state index >= 15 is 0 Å². The summed E-state index contributed by atoms with van der Waals surface area (Å²) in [6.45, 7) is 0. The highest BCUT2D eigenvalue weighted by atomic mass is 16.1. The second-order valence-corrected chi connectivity index (χ2v) is 2.48. The molecule has 1 aromatic rings. The van der Waals surface area contributed by atoms with E-state index in [0.717, 1.165) is 11.8 Å². The topological polar surface area (TPSA) is 80.2 Å². The van der Waals surface area contributed by atoms with Crippen LogP contribution in [0.2, 0.25) is 0 Å². The van der Waals surface area contributed by atoms with Crippen molar-refractivity contribution in [1.29, 1.82) is 0 Å². The Morgan fingerprint density at radius 2 is 2.14 bits per heavy atom. The smallest absolute Gasteiger partial charge is 0.140 e. The average molecular weight is 190 g/mol. The highest BCUT2D eigenvalue weighted by Gasteiger charge is 1.97. The fraction of sp³-hybridized carbons (Fsp3) is 0.111. The third-order valence-electron chi connectivity index (χ3n) is 1.61. The van der Waals surface area contributed by atoms with Crippen LogP contribution in [0.4, 0.5) is 5.69 Å². The van der Waals surface area contributed by atoms with Gasteiger partial charge in [0.1, 0.15) is 12.6 Å².